The van der Waals surface area contributed by atoms with Gasteiger partial charge in [0.05, 0.1) is 29.7 Å². The van der Waals surface area contributed by atoms with E-state index in [0.29, 0.717) is 13.2 Å². The minimum absolute atomic E-state index is 0.0776. The van der Waals surface area contributed by atoms with Gasteiger partial charge >= 0.3 is 0 Å². The minimum Gasteiger partial charge on any atom is -0.377 e. The van der Waals surface area contributed by atoms with Crippen LogP contribution in [0.4, 0.5) is 0 Å². The lowest BCUT2D eigenvalue weighted by Gasteiger charge is -2.47. The van der Waals surface area contributed by atoms with Crippen molar-refractivity contribution in [2.45, 2.75) is 18.9 Å². The molecule has 1 N–H and O–H groups in total. The van der Waals surface area contributed by atoms with Crippen LogP contribution < -0.4 is 5.32 Å². The number of hydrogen-bond donors (Lipinski definition) is 1. The molecule has 3 unspecified atom stereocenters. The van der Waals surface area contributed by atoms with Crippen LogP contribution in [-0.4, -0.2) is 30.1 Å². The third-order valence-corrected chi connectivity index (χ3v) is 3.82. The first-order valence-corrected chi connectivity index (χ1v) is 5.54. The highest BCUT2D eigenvalue weighted by Gasteiger charge is 2.59. The average molecular weight is 218 g/mol. The van der Waals surface area contributed by atoms with Crippen molar-refractivity contribution in [1.29, 1.82) is 0 Å². The zero-order valence-electron chi connectivity index (χ0n) is 9.14. The molecule has 0 bridgehead atoms. The molecule has 1 amide bonds. The first-order chi connectivity index (χ1) is 7.74. The number of ether oxygens (including phenoxy) is 1. The maximum Gasteiger partial charge on any atom is 0.230 e. The third kappa shape index (κ3) is 1.13. The molecule has 0 saturated carbocycles. The van der Waals surface area contributed by atoms with E-state index >= 15 is 0 Å². The molecule has 2 aliphatic rings. The third-order valence-electron chi connectivity index (χ3n) is 3.82. The van der Waals surface area contributed by atoms with Crippen molar-refractivity contribution < 1.29 is 9.53 Å². The molecule has 2 saturated heterocycles. The quantitative estimate of drug-likeness (QED) is 0.755. The van der Waals surface area contributed by atoms with Crippen LogP contribution in [-0.2, 0) is 9.53 Å². The van der Waals surface area contributed by atoms with E-state index in [4.69, 9.17) is 4.74 Å². The molecule has 2 fully saturated rings. The van der Waals surface area contributed by atoms with Gasteiger partial charge in [-0.15, -0.1) is 0 Å². The van der Waals surface area contributed by atoms with Crippen molar-refractivity contribution in [3.63, 3.8) is 0 Å². The van der Waals surface area contributed by atoms with Gasteiger partial charge < -0.3 is 10.1 Å². The Kier molecular flexibility index (Phi) is 2.01. The van der Waals surface area contributed by atoms with E-state index in [9.17, 15) is 4.79 Å². The molecule has 1 aromatic heterocycles. The number of rotatable bonds is 1. The van der Waals surface area contributed by atoms with Gasteiger partial charge in [0.25, 0.3) is 0 Å². The molecule has 0 aliphatic carbocycles. The first-order valence-electron chi connectivity index (χ1n) is 5.54. The standard InChI is InChI=1S/C12H14N2O2/c1-8-12(7-16-8)6-14-11(15)10(12)9-4-2-3-5-13-9/h2-5,8,10H,6-7H2,1H3,(H,14,15). The monoisotopic (exact) mass is 218 g/mol. The Morgan fingerprint density at radius 2 is 2.44 bits per heavy atom. The van der Waals surface area contributed by atoms with Gasteiger partial charge in [0.15, 0.2) is 0 Å². The first kappa shape index (κ1) is 9.78. The summed E-state index contributed by atoms with van der Waals surface area (Å²) in [6.45, 7) is 3.38. The lowest BCUT2D eigenvalue weighted by atomic mass is 9.69. The number of hydrogen-bond acceptors (Lipinski definition) is 3. The van der Waals surface area contributed by atoms with Crippen molar-refractivity contribution in [3.05, 3.63) is 30.1 Å². The molecular weight excluding hydrogens is 204 g/mol. The van der Waals surface area contributed by atoms with Crippen LogP contribution in [0.5, 0.6) is 0 Å². The van der Waals surface area contributed by atoms with Crippen LogP contribution in [0.15, 0.2) is 24.4 Å². The molecule has 4 heteroatoms. The summed E-state index contributed by atoms with van der Waals surface area (Å²) in [5, 5.41) is 2.93. The molecule has 84 valence electrons. The van der Waals surface area contributed by atoms with Crippen LogP contribution in [0.2, 0.25) is 0 Å². The number of pyridine rings is 1. The van der Waals surface area contributed by atoms with Gasteiger partial charge in [-0.25, -0.2) is 0 Å². The number of nitrogens with zero attached hydrogens (tertiary/aromatic N) is 1. The molecular formula is C12H14N2O2. The fraction of sp³-hybridized carbons (Fsp3) is 0.500. The van der Waals surface area contributed by atoms with E-state index in [2.05, 4.69) is 10.3 Å². The van der Waals surface area contributed by atoms with Crippen molar-refractivity contribution in [1.82, 2.24) is 10.3 Å². The zero-order valence-corrected chi connectivity index (χ0v) is 9.14. The molecule has 1 spiro atoms. The van der Waals surface area contributed by atoms with Gasteiger partial charge in [-0.1, -0.05) is 6.07 Å². The number of carbonyl (C=O) groups excluding carboxylic acids is 1. The lowest BCUT2D eigenvalue weighted by Crippen LogP contribution is -2.54. The summed E-state index contributed by atoms with van der Waals surface area (Å²) in [7, 11) is 0. The van der Waals surface area contributed by atoms with E-state index in [0.717, 1.165) is 5.69 Å². The molecule has 1 aromatic rings. The molecule has 4 nitrogen and oxygen atoms in total. The van der Waals surface area contributed by atoms with Crippen LogP contribution in [0, 0.1) is 5.41 Å². The predicted molar refractivity (Wildman–Crippen MR) is 57.8 cm³/mol. The molecule has 16 heavy (non-hydrogen) atoms. The fourth-order valence-electron chi connectivity index (χ4n) is 2.67. The van der Waals surface area contributed by atoms with Crippen molar-refractivity contribution in [2.75, 3.05) is 13.2 Å². The van der Waals surface area contributed by atoms with Crippen LogP contribution in [0.25, 0.3) is 0 Å². The summed E-state index contributed by atoms with van der Waals surface area (Å²) < 4.78 is 5.45. The van der Waals surface area contributed by atoms with Gasteiger partial charge in [0, 0.05) is 12.7 Å². The van der Waals surface area contributed by atoms with Gasteiger partial charge in [-0.2, -0.15) is 0 Å². The van der Waals surface area contributed by atoms with E-state index in [-0.39, 0.29) is 23.3 Å². The van der Waals surface area contributed by atoms with Gasteiger partial charge in [0.1, 0.15) is 0 Å². The summed E-state index contributed by atoms with van der Waals surface area (Å²) >= 11 is 0. The Balaban J connectivity index is 2.01. The second-order valence-corrected chi connectivity index (χ2v) is 4.59. The Morgan fingerprint density at radius 1 is 1.56 bits per heavy atom. The van der Waals surface area contributed by atoms with E-state index < -0.39 is 0 Å². The molecule has 3 rings (SSSR count). The Bertz CT molecular complexity index is 420. The average Bonchev–Trinajstić information content (AvgIpc) is 2.68. The number of amides is 1. The van der Waals surface area contributed by atoms with E-state index in [1.807, 2.05) is 25.1 Å². The van der Waals surface area contributed by atoms with Crippen molar-refractivity contribution in [3.8, 4) is 0 Å². The van der Waals surface area contributed by atoms with Crippen LogP contribution >= 0.6 is 0 Å². The second-order valence-electron chi connectivity index (χ2n) is 4.59. The summed E-state index contributed by atoms with van der Waals surface area (Å²) in [4.78, 5) is 16.2. The number of carbonyl (C=O) groups is 1. The van der Waals surface area contributed by atoms with E-state index in [1.165, 1.54) is 0 Å². The largest absolute Gasteiger partial charge is 0.377 e. The van der Waals surface area contributed by atoms with E-state index in [1.54, 1.807) is 6.20 Å². The van der Waals surface area contributed by atoms with Gasteiger partial charge in [-0.05, 0) is 19.1 Å². The predicted octanol–water partition coefficient (Wildman–Crippen LogP) is 0.700. The number of nitrogens with one attached hydrogen (secondary N) is 1. The fourth-order valence-corrected chi connectivity index (χ4v) is 2.67. The molecule has 2 aliphatic heterocycles. The Hall–Kier alpha value is -1.42. The highest BCUT2D eigenvalue weighted by molar-refractivity contribution is 5.87. The zero-order chi connectivity index (χ0) is 11.2. The molecule has 0 aromatic carbocycles. The smallest absolute Gasteiger partial charge is 0.230 e. The normalized spacial score (nSPS) is 37.2. The maximum absolute atomic E-state index is 11.9. The van der Waals surface area contributed by atoms with Crippen molar-refractivity contribution >= 4 is 5.91 Å². The lowest BCUT2D eigenvalue weighted by molar-refractivity contribution is -0.176. The van der Waals surface area contributed by atoms with Gasteiger partial charge in [0.2, 0.25) is 5.91 Å². The Labute approximate surface area is 94.0 Å². The highest BCUT2D eigenvalue weighted by atomic mass is 16.5. The number of aromatic nitrogens is 1. The maximum atomic E-state index is 11.9. The summed E-state index contributed by atoms with van der Waals surface area (Å²) in [6.07, 6.45) is 1.86. The SMILES string of the molecule is CC1OCC12CNC(=O)C2c1ccccn1. The second kappa shape index (κ2) is 3.28. The molecule has 0 radical (unpaired) electrons. The van der Waals surface area contributed by atoms with Crippen LogP contribution in [0.3, 0.4) is 0 Å². The molecule has 3 heterocycles. The summed E-state index contributed by atoms with van der Waals surface area (Å²) in [6, 6.07) is 5.71. The van der Waals surface area contributed by atoms with Crippen molar-refractivity contribution in [2.24, 2.45) is 5.41 Å². The summed E-state index contributed by atoms with van der Waals surface area (Å²) in [5.74, 6) is -0.0775. The van der Waals surface area contributed by atoms with Crippen LogP contribution in [0.1, 0.15) is 18.5 Å². The topological polar surface area (TPSA) is 51.2 Å². The minimum atomic E-state index is -0.155. The molecule has 3 atom stereocenters. The van der Waals surface area contributed by atoms with Gasteiger partial charge in [-0.3, -0.25) is 9.78 Å². The Morgan fingerprint density at radius 3 is 3.00 bits per heavy atom. The highest BCUT2D eigenvalue weighted by Crippen LogP contribution is 2.49. The summed E-state index contributed by atoms with van der Waals surface area (Å²) in [5.41, 5.74) is 0.776.